The molecule has 0 aliphatic carbocycles. The highest BCUT2D eigenvalue weighted by molar-refractivity contribution is 7.10. The summed E-state index contributed by atoms with van der Waals surface area (Å²) in [6, 6.07) is 3.76. The summed E-state index contributed by atoms with van der Waals surface area (Å²) in [5.41, 5.74) is 0. The van der Waals surface area contributed by atoms with Crippen LogP contribution in [0.25, 0.3) is 0 Å². The van der Waals surface area contributed by atoms with E-state index < -0.39 is 25.1 Å². The summed E-state index contributed by atoms with van der Waals surface area (Å²) in [6.07, 6.45) is 1.50. The Labute approximate surface area is 127 Å². The van der Waals surface area contributed by atoms with Crippen molar-refractivity contribution in [2.24, 2.45) is 0 Å². The van der Waals surface area contributed by atoms with Gasteiger partial charge in [-0.2, -0.15) is 0 Å². The smallest absolute Gasteiger partial charge is 0.478 e. The van der Waals surface area contributed by atoms with Gasteiger partial charge in [0.1, 0.15) is 0 Å². The van der Waals surface area contributed by atoms with Crippen LogP contribution >= 0.6 is 11.3 Å². The van der Waals surface area contributed by atoms with Crippen LogP contribution in [0.15, 0.2) is 17.5 Å². The van der Waals surface area contributed by atoms with Crippen LogP contribution < -0.4 is 5.32 Å². The Morgan fingerprint density at radius 3 is 2.95 bits per heavy atom. The monoisotopic (exact) mass is 311 g/mol. The summed E-state index contributed by atoms with van der Waals surface area (Å²) < 4.78 is 5.33. The zero-order valence-electron chi connectivity index (χ0n) is 11.5. The number of carboxylic acid groups (broad SMARTS) is 1. The average Bonchev–Trinajstić information content (AvgIpc) is 2.83. The van der Waals surface area contributed by atoms with E-state index in [2.05, 4.69) is 5.32 Å². The van der Waals surface area contributed by atoms with Gasteiger partial charge in [0.2, 0.25) is 5.91 Å². The zero-order valence-corrected chi connectivity index (χ0v) is 12.3. The minimum atomic E-state index is -1.16. The van der Waals surface area contributed by atoms with Crippen LogP contribution in [0.5, 0.6) is 0 Å². The predicted molar refractivity (Wildman–Crippen MR) is 78.9 cm³/mol. The van der Waals surface area contributed by atoms with Crippen LogP contribution in [0, 0.1) is 0 Å². The number of rotatable bonds is 5. The lowest BCUT2D eigenvalue weighted by atomic mass is 9.76. The van der Waals surface area contributed by atoms with E-state index in [0.29, 0.717) is 19.3 Å². The number of amides is 1. The number of carbonyl (C=O) groups excluding carboxylic acids is 1. The van der Waals surface area contributed by atoms with E-state index in [9.17, 15) is 14.6 Å². The lowest BCUT2D eigenvalue weighted by Crippen LogP contribution is -2.48. The second-order valence-corrected chi connectivity index (χ2v) is 6.14. The number of hydrogen-bond donors (Lipinski definition) is 3. The van der Waals surface area contributed by atoms with E-state index in [0.717, 1.165) is 4.88 Å². The van der Waals surface area contributed by atoms with E-state index in [4.69, 9.17) is 9.76 Å². The molecule has 1 amide bonds. The third-order valence-corrected chi connectivity index (χ3v) is 4.26. The van der Waals surface area contributed by atoms with E-state index in [1.165, 1.54) is 11.3 Å². The molecule has 0 spiro atoms. The number of nitrogens with one attached hydrogen (secondary N) is 1. The van der Waals surface area contributed by atoms with Crippen molar-refractivity contribution in [1.82, 2.24) is 5.32 Å². The Morgan fingerprint density at radius 1 is 1.48 bits per heavy atom. The Kier molecular flexibility index (Phi) is 5.78. The molecular weight excluding hydrogens is 293 g/mol. The highest BCUT2D eigenvalue weighted by Crippen LogP contribution is 2.18. The number of hydrogen-bond acceptors (Lipinski definition) is 5. The first-order valence-electron chi connectivity index (χ1n) is 6.91. The Balaban J connectivity index is 1.85. The highest BCUT2D eigenvalue weighted by Gasteiger charge is 2.34. The Bertz CT molecular complexity index is 481. The molecule has 1 aliphatic rings. The fourth-order valence-electron chi connectivity index (χ4n) is 2.39. The summed E-state index contributed by atoms with van der Waals surface area (Å²) in [7, 11) is -1.16. The molecular formula is C13H18BNO5S. The van der Waals surface area contributed by atoms with Gasteiger partial charge >= 0.3 is 13.1 Å². The molecule has 1 saturated heterocycles. The van der Waals surface area contributed by atoms with E-state index in [1.54, 1.807) is 0 Å². The van der Waals surface area contributed by atoms with E-state index >= 15 is 0 Å². The van der Waals surface area contributed by atoms with Crippen molar-refractivity contribution in [3.63, 3.8) is 0 Å². The summed E-state index contributed by atoms with van der Waals surface area (Å²) >= 11 is 1.51. The van der Waals surface area contributed by atoms with Gasteiger partial charge in [-0.05, 0) is 30.7 Å². The molecule has 1 aromatic rings. The van der Waals surface area contributed by atoms with Gasteiger partial charge in [-0.25, -0.2) is 0 Å². The van der Waals surface area contributed by atoms with Gasteiger partial charge in [-0.15, -0.1) is 11.3 Å². The lowest BCUT2D eigenvalue weighted by Gasteiger charge is -2.20. The molecule has 1 aromatic heterocycles. The van der Waals surface area contributed by atoms with Crippen LogP contribution in [-0.4, -0.2) is 41.2 Å². The largest absolute Gasteiger partial charge is 0.481 e. The Hall–Kier alpha value is -1.38. The van der Waals surface area contributed by atoms with Crippen molar-refractivity contribution in [3.05, 3.63) is 22.4 Å². The lowest BCUT2D eigenvalue weighted by molar-refractivity contribution is -0.139. The zero-order chi connectivity index (χ0) is 15.2. The van der Waals surface area contributed by atoms with Gasteiger partial charge in [0, 0.05) is 4.88 Å². The van der Waals surface area contributed by atoms with Gasteiger partial charge < -0.3 is 20.1 Å². The summed E-state index contributed by atoms with van der Waals surface area (Å²) in [5.74, 6) is -1.61. The number of carboxylic acids is 1. The molecule has 2 heterocycles. The van der Waals surface area contributed by atoms with Crippen molar-refractivity contribution in [2.45, 2.75) is 44.1 Å². The maximum atomic E-state index is 11.9. The summed E-state index contributed by atoms with van der Waals surface area (Å²) in [4.78, 5) is 23.6. The predicted octanol–water partition coefficient (Wildman–Crippen LogP) is 0.839. The molecule has 0 saturated carbocycles. The molecule has 0 aromatic carbocycles. The second kappa shape index (κ2) is 7.58. The fourth-order valence-corrected chi connectivity index (χ4v) is 3.09. The molecule has 1 fully saturated rings. The molecule has 6 nitrogen and oxygen atoms in total. The van der Waals surface area contributed by atoms with Gasteiger partial charge in [-0.1, -0.05) is 6.07 Å². The standard InChI is InChI=1S/C13H18BNO5S/c16-12(8-10-4-2-6-21-10)15-11-5-1-3-9(7-13(17)18)20-14(11)19/h2,4,6,9,11,19H,1,3,5,7-8H2,(H,15,16)(H,17,18)/t9?,11-/m0/s1. The van der Waals surface area contributed by atoms with Gasteiger partial charge in [0.15, 0.2) is 0 Å². The minimum Gasteiger partial charge on any atom is -0.481 e. The first-order valence-corrected chi connectivity index (χ1v) is 7.79. The quantitative estimate of drug-likeness (QED) is 0.700. The van der Waals surface area contributed by atoms with E-state index in [1.807, 2.05) is 17.5 Å². The molecule has 8 heteroatoms. The summed E-state index contributed by atoms with van der Waals surface area (Å²) in [5, 5.41) is 23.4. The van der Waals surface area contributed by atoms with Crippen molar-refractivity contribution < 1.29 is 24.4 Å². The number of thiophene rings is 1. The van der Waals surface area contributed by atoms with E-state index in [-0.39, 0.29) is 18.7 Å². The molecule has 3 N–H and O–H groups in total. The molecule has 2 atom stereocenters. The third kappa shape index (κ3) is 5.15. The van der Waals surface area contributed by atoms with Crippen LogP contribution in [0.3, 0.4) is 0 Å². The first-order chi connectivity index (χ1) is 10.0. The SMILES string of the molecule is O=C(O)CC1CCC[C@H](NC(=O)Cc2cccs2)B(O)O1. The molecule has 114 valence electrons. The van der Waals surface area contributed by atoms with Crippen LogP contribution in [0.4, 0.5) is 0 Å². The summed E-state index contributed by atoms with van der Waals surface area (Å²) in [6.45, 7) is 0. The van der Waals surface area contributed by atoms with Crippen molar-refractivity contribution in [3.8, 4) is 0 Å². The third-order valence-electron chi connectivity index (χ3n) is 3.38. The van der Waals surface area contributed by atoms with Gasteiger partial charge in [-0.3, -0.25) is 9.59 Å². The van der Waals surface area contributed by atoms with Crippen molar-refractivity contribution in [2.75, 3.05) is 0 Å². The van der Waals surface area contributed by atoms with Gasteiger partial charge in [0.05, 0.1) is 24.9 Å². The first kappa shape index (κ1) is 16.0. The average molecular weight is 311 g/mol. The van der Waals surface area contributed by atoms with Crippen LogP contribution in [0.1, 0.15) is 30.6 Å². The number of aliphatic carboxylic acids is 1. The van der Waals surface area contributed by atoms with Crippen molar-refractivity contribution in [1.29, 1.82) is 0 Å². The van der Waals surface area contributed by atoms with Crippen molar-refractivity contribution >= 4 is 30.3 Å². The molecule has 2 rings (SSSR count). The second-order valence-electron chi connectivity index (χ2n) is 5.11. The van der Waals surface area contributed by atoms with Gasteiger partial charge in [0.25, 0.3) is 0 Å². The highest BCUT2D eigenvalue weighted by atomic mass is 32.1. The number of carbonyl (C=O) groups is 2. The maximum absolute atomic E-state index is 11.9. The minimum absolute atomic E-state index is 0.132. The maximum Gasteiger partial charge on any atom is 0.478 e. The molecule has 0 radical (unpaired) electrons. The molecule has 1 aliphatic heterocycles. The topological polar surface area (TPSA) is 95.9 Å². The normalized spacial score (nSPS) is 22.6. The fraction of sp³-hybridized carbons (Fsp3) is 0.538. The molecule has 0 bridgehead atoms. The molecule has 21 heavy (non-hydrogen) atoms. The Morgan fingerprint density at radius 2 is 2.29 bits per heavy atom. The van der Waals surface area contributed by atoms with Crippen LogP contribution in [0.2, 0.25) is 0 Å². The van der Waals surface area contributed by atoms with Crippen LogP contribution in [-0.2, 0) is 20.7 Å². The molecule has 1 unspecified atom stereocenters.